The van der Waals surface area contributed by atoms with Crippen LogP contribution >= 0.6 is 0 Å². The third-order valence-electron chi connectivity index (χ3n) is 9.63. The SMILES string of the molecule is [C-]#[N+]c1cccc(-c2ccc(-c3nc(-c4ccc(-n5c6ccccc6c6ccc7c8ccccc8oc7c65)cc4)nc4ccccc34)cc2)c1. The second kappa shape index (κ2) is 11.0. The third kappa shape index (κ3) is 4.33. The Bertz CT molecular complexity index is 2980. The van der Waals surface area contributed by atoms with E-state index in [9.17, 15) is 0 Å². The van der Waals surface area contributed by atoms with Crippen LogP contribution in [0.3, 0.4) is 0 Å². The van der Waals surface area contributed by atoms with Gasteiger partial charge in [0, 0.05) is 43.7 Å². The molecule has 10 aromatic rings. The first-order chi connectivity index (χ1) is 24.7. The maximum absolute atomic E-state index is 7.38. The molecule has 0 amide bonds. The first kappa shape index (κ1) is 28.0. The average Bonchev–Trinajstić information content (AvgIpc) is 3.74. The summed E-state index contributed by atoms with van der Waals surface area (Å²) in [5.41, 5.74) is 11.4. The monoisotopic (exact) mass is 638 g/mol. The fraction of sp³-hybridized carbons (Fsp3) is 0. The van der Waals surface area contributed by atoms with Crippen LogP contribution in [0.25, 0.3) is 99.0 Å². The number of hydrogen-bond acceptors (Lipinski definition) is 3. The molecule has 0 N–H and O–H groups in total. The Hall–Kier alpha value is -7.03. The van der Waals surface area contributed by atoms with Gasteiger partial charge in [0.1, 0.15) is 5.58 Å². The highest BCUT2D eigenvalue weighted by atomic mass is 16.3. The minimum absolute atomic E-state index is 0.630. The molecule has 0 saturated carbocycles. The molecular formula is C45H26N4O. The van der Waals surface area contributed by atoms with Gasteiger partial charge < -0.3 is 8.98 Å². The van der Waals surface area contributed by atoms with Crippen LogP contribution in [0.15, 0.2) is 162 Å². The summed E-state index contributed by atoms with van der Waals surface area (Å²) >= 11 is 0. The number of rotatable bonds is 4. The Kier molecular flexibility index (Phi) is 6.17. The van der Waals surface area contributed by atoms with Crippen LogP contribution in [0.2, 0.25) is 0 Å². The van der Waals surface area contributed by atoms with E-state index in [0.29, 0.717) is 11.5 Å². The molecule has 50 heavy (non-hydrogen) atoms. The van der Waals surface area contributed by atoms with Crippen LogP contribution in [0.1, 0.15) is 0 Å². The van der Waals surface area contributed by atoms with E-state index < -0.39 is 0 Å². The van der Waals surface area contributed by atoms with E-state index >= 15 is 0 Å². The highest BCUT2D eigenvalue weighted by Crippen LogP contribution is 2.40. The molecule has 3 aromatic heterocycles. The number of benzene rings is 7. The fourth-order valence-electron chi connectivity index (χ4n) is 7.26. The number of furan rings is 1. The van der Waals surface area contributed by atoms with Crippen molar-refractivity contribution in [3.63, 3.8) is 0 Å². The molecule has 0 spiro atoms. The zero-order chi connectivity index (χ0) is 33.2. The second-order valence-corrected chi connectivity index (χ2v) is 12.5. The van der Waals surface area contributed by atoms with Crippen LogP contribution in [0, 0.1) is 6.57 Å². The van der Waals surface area contributed by atoms with E-state index in [2.05, 4.69) is 113 Å². The lowest BCUT2D eigenvalue weighted by Crippen LogP contribution is -1.97. The Morgan fingerprint density at radius 1 is 0.520 bits per heavy atom. The molecule has 0 radical (unpaired) electrons. The van der Waals surface area contributed by atoms with Crippen LogP contribution in [-0.2, 0) is 0 Å². The molecule has 0 unspecified atom stereocenters. The number of aromatic nitrogens is 3. The lowest BCUT2D eigenvalue weighted by Gasteiger charge is -2.12. The Labute approximate surface area is 287 Å². The quantitative estimate of drug-likeness (QED) is 0.180. The van der Waals surface area contributed by atoms with Gasteiger partial charge in [-0.25, -0.2) is 14.8 Å². The Balaban J connectivity index is 1.10. The van der Waals surface area contributed by atoms with Gasteiger partial charge in [0.15, 0.2) is 17.1 Å². The van der Waals surface area contributed by atoms with E-state index in [1.807, 2.05) is 54.6 Å². The van der Waals surface area contributed by atoms with Crippen molar-refractivity contribution >= 4 is 60.3 Å². The van der Waals surface area contributed by atoms with E-state index in [1.54, 1.807) is 0 Å². The summed E-state index contributed by atoms with van der Waals surface area (Å²) in [5.74, 6) is 0.668. The van der Waals surface area contributed by atoms with Gasteiger partial charge in [0.05, 0.1) is 28.8 Å². The lowest BCUT2D eigenvalue weighted by atomic mass is 10.0. The van der Waals surface area contributed by atoms with Crippen molar-refractivity contribution < 1.29 is 4.42 Å². The van der Waals surface area contributed by atoms with Crippen LogP contribution in [0.5, 0.6) is 0 Å². The van der Waals surface area contributed by atoms with E-state index in [4.69, 9.17) is 21.0 Å². The highest BCUT2D eigenvalue weighted by molar-refractivity contribution is 6.21. The molecule has 0 bridgehead atoms. The average molecular weight is 639 g/mol. The Morgan fingerprint density at radius 2 is 1.22 bits per heavy atom. The normalized spacial score (nSPS) is 11.6. The number of fused-ring (bicyclic) bond motifs is 8. The minimum atomic E-state index is 0.630. The molecule has 7 aromatic carbocycles. The molecule has 0 aliphatic heterocycles. The van der Waals surface area contributed by atoms with Crippen molar-refractivity contribution in [3.05, 3.63) is 169 Å². The number of nitrogens with zero attached hydrogens (tertiary/aromatic N) is 4. The number of hydrogen-bond donors (Lipinski definition) is 0. The predicted octanol–water partition coefficient (Wildman–Crippen LogP) is 12.2. The van der Waals surface area contributed by atoms with Gasteiger partial charge in [0.25, 0.3) is 0 Å². The molecule has 10 rings (SSSR count). The van der Waals surface area contributed by atoms with Crippen molar-refractivity contribution in [3.8, 4) is 39.5 Å². The van der Waals surface area contributed by atoms with E-state index in [0.717, 1.165) is 82.9 Å². The first-order valence-electron chi connectivity index (χ1n) is 16.5. The standard InChI is InChI=1S/C45H26N4O/c1-46-32-10-8-9-31(27-32)28-17-19-29(20-18-28)42-38-13-2-5-14-39(38)47-45(48-42)30-21-23-33(24-22-30)49-40-15-6-3-11-34(40)36-25-26-37-35-12-4-7-16-41(35)50-44(37)43(36)49/h2-27H. The van der Waals surface area contributed by atoms with E-state index in [1.165, 1.54) is 5.39 Å². The zero-order valence-corrected chi connectivity index (χ0v) is 26.7. The van der Waals surface area contributed by atoms with Crippen LogP contribution in [-0.4, -0.2) is 14.5 Å². The van der Waals surface area contributed by atoms with Crippen molar-refractivity contribution in [2.45, 2.75) is 0 Å². The third-order valence-corrected chi connectivity index (χ3v) is 9.63. The maximum Gasteiger partial charge on any atom is 0.187 e. The van der Waals surface area contributed by atoms with Gasteiger partial charge in [-0.05, 0) is 65.7 Å². The zero-order valence-electron chi connectivity index (χ0n) is 26.7. The predicted molar refractivity (Wildman–Crippen MR) is 204 cm³/mol. The summed E-state index contributed by atoms with van der Waals surface area (Å²) in [7, 11) is 0. The molecule has 0 fully saturated rings. The van der Waals surface area contributed by atoms with Crippen molar-refractivity contribution in [2.24, 2.45) is 0 Å². The first-order valence-corrected chi connectivity index (χ1v) is 16.5. The smallest absolute Gasteiger partial charge is 0.187 e. The summed E-state index contributed by atoms with van der Waals surface area (Å²) in [4.78, 5) is 13.8. The topological polar surface area (TPSA) is 48.2 Å². The molecule has 0 atom stereocenters. The van der Waals surface area contributed by atoms with E-state index in [-0.39, 0.29) is 0 Å². The van der Waals surface area contributed by atoms with Gasteiger partial charge in [-0.1, -0.05) is 103 Å². The molecule has 0 saturated heterocycles. The molecule has 0 aliphatic rings. The minimum Gasteiger partial charge on any atom is -0.454 e. The molecular weight excluding hydrogens is 613 g/mol. The van der Waals surface area contributed by atoms with Crippen molar-refractivity contribution in [1.29, 1.82) is 0 Å². The highest BCUT2D eigenvalue weighted by Gasteiger charge is 2.19. The summed E-state index contributed by atoms with van der Waals surface area (Å²) in [6.07, 6.45) is 0. The summed E-state index contributed by atoms with van der Waals surface area (Å²) in [6.45, 7) is 7.38. The summed E-state index contributed by atoms with van der Waals surface area (Å²) in [6, 6.07) is 53.9. The van der Waals surface area contributed by atoms with Gasteiger partial charge in [0.2, 0.25) is 0 Å². The second-order valence-electron chi connectivity index (χ2n) is 12.5. The van der Waals surface area contributed by atoms with Gasteiger partial charge in [-0.2, -0.15) is 0 Å². The van der Waals surface area contributed by atoms with Gasteiger partial charge >= 0.3 is 0 Å². The van der Waals surface area contributed by atoms with Gasteiger partial charge in [-0.3, -0.25) is 0 Å². The van der Waals surface area contributed by atoms with Crippen molar-refractivity contribution in [1.82, 2.24) is 14.5 Å². The summed E-state index contributed by atoms with van der Waals surface area (Å²) < 4.78 is 8.84. The lowest BCUT2D eigenvalue weighted by molar-refractivity contribution is 0.671. The Morgan fingerprint density at radius 3 is 2.06 bits per heavy atom. The van der Waals surface area contributed by atoms with Crippen LogP contribution in [0.4, 0.5) is 5.69 Å². The molecule has 5 nitrogen and oxygen atoms in total. The maximum atomic E-state index is 7.38. The van der Waals surface area contributed by atoms with Crippen LogP contribution < -0.4 is 0 Å². The van der Waals surface area contributed by atoms with Crippen molar-refractivity contribution in [2.75, 3.05) is 0 Å². The molecule has 0 aliphatic carbocycles. The molecule has 5 heteroatoms. The summed E-state index contributed by atoms with van der Waals surface area (Å²) in [5, 5.41) is 5.56. The van der Waals surface area contributed by atoms with Gasteiger partial charge in [-0.15, -0.1) is 0 Å². The number of para-hydroxylation sites is 3. The molecule has 3 heterocycles. The fourth-order valence-corrected chi connectivity index (χ4v) is 7.26. The largest absolute Gasteiger partial charge is 0.454 e. The molecule has 232 valence electrons.